The number of hydrogen-bond donors (Lipinski definition) is 0. The van der Waals surface area contributed by atoms with Crippen LogP contribution < -0.4 is 4.74 Å². The van der Waals surface area contributed by atoms with E-state index in [1.807, 2.05) is 30.3 Å². The van der Waals surface area contributed by atoms with Crippen LogP contribution in [0.15, 0.2) is 30.3 Å². The van der Waals surface area contributed by atoms with E-state index in [-0.39, 0.29) is 23.2 Å². The lowest BCUT2D eigenvalue weighted by atomic mass is 10.1. The molecule has 0 N–H and O–H groups in total. The third kappa shape index (κ3) is 2.50. The summed E-state index contributed by atoms with van der Waals surface area (Å²) in [7, 11) is 3.10. The molecule has 0 heterocycles. The van der Waals surface area contributed by atoms with E-state index in [0.29, 0.717) is 0 Å². The van der Waals surface area contributed by atoms with Crippen LogP contribution in [0.5, 0.6) is 5.75 Å². The second-order valence-electron chi connectivity index (χ2n) is 5.45. The predicted octanol–water partition coefficient (Wildman–Crippen LogP) is 3.15. The molecule has 1 saturated carbocycles. The maximum atomic E-state index is 11.7. The van der Waals surface area contributed by atoms with Gasteiger partial charge in [-0.2, -0.15) is 0 Å². The molecule has 3 nitrogen and oxygen atoms in total. The van der Waals surface area contributed by atoms with Gasteiger partial charge in [-0.05, 0) is 17.4 Å². The van der Waals surface area contributed by atoms with Crippen LogP contribution in [0.25, 0.3) is 6.08 Å². The first-order chi connectivity index (χ1) is 9.02. The van der Waals surface area contributed by atoms with Crippen molar-refractivity contribution in [2.75, 3.05) is 14.2 Å². The molecule has 0 bridgehead atoms. The average Bonchev–Trinajstić information content (AvgIpc) is 2.97. The van der Waals surface area contributed by atoms with Gasteiger partial charge in [0.1, 0.15) is 5.75 Å². The summed E-state index contributed by atoms with van der Waals surface area (Å²) in [5, 5.41) is 0. The van der Waals surface area contributed by atoms with E-state index in [9.17, 15) is 4.79 Å². The highest BCUT2D eigenvalue weighted by atomic mass is 16.5. The highest BCUT2D eigenvalue weighted by molar-refractivity contribution is 5.78. The zero-order valence-corrected chi connectivity index (χ0v) is 11.8. The minimum absolute atomic E-state index is 0.0222. The normalized spacial score (nSPS) is 24.2. The van der Waals surface area contributed by atoms with Crippen molar-refractivity contribution < 1.29 is 14.3 Å². The fourth-order valence-corrected chi connectivity index (χ4v) is 2.63. The summed E-state index contributed by atoms with van der Waals surface area (Å²) in [4.78, 5) is 11.7. The molecule has 1 aromatic carbocycles. The molecule has 1 fully saturated rings. The van der Waals surface area contributed by atoms with Gasteiger partial charge in [-0.15, -0.1) is 0 Å². The Bertz CT molecular complexity index is 502. The van der Waals surface area contributed by atoms with Crippen LogP contribution in [0, 0.1) is 17.3 Å². The molecule has 0 amide bonds. The number of allylic oxidation sites excluding steroid dienone is 1. The summed E-state index contributed by atoms with van der Waals surface area (Å²) < 4.78 is 10.1. The smallest absolute Gasteiger partial charge is 0.309 e. The summed E-state index contributed by atoms with van der Waals surface area (Å²) in [5.41, 5.74) is 1.00. The first kappa shape index (κ1) is 13.7. The number of methoxy groups -OCH3 is 2. The molecule has 102 valence electrons. The minimum atomic E-state index is -0.125. The number of carbonyl (C=O) groups is 1. The standard InChI is InChI=1S/C16H20O3/c1-16(2)12(14(16)15(17)19-4)10-9-11-7-5-6-8-13(11)18-3/h5-10,12,14H,1-4H3/t12-,14+/m0/s1. The van der Waals surface area contributed by atoms with Crippen molar-refractivity contribution in [3.8, 4) is 5.75 Å². The van der Waals surface area contributed by atoms with Crippen LogP contribution in [0.4, 0.5) is 0 Å². The maximum Gasteiger partial charge on any atom is 0.309 e. The maximum absolute atomic E-state index is 11.7. The lowest BCUT2D eigenvalue weighted by Crippen LogP contribution is -2.07. The number of carbonyl (C=O) groups excluding carboxylic acids is 1. The van der Waals surface area contributed by atoms with Crippen LogP contribution in [-0.4, -0.2) is 20.2 Å². The van der Waals surface area contributed by atoms with E-state index in [4.69, 9.17) is 9.47 Å². The van der Waals surface area contributed by atoms with E-state index >= 15 is 0 Å². The molecule has 3 heteroatoms. The number of rotatable bonds is 4. The zero-order chi connectivity index (χ0) is 14.0. The Hall–Kier alpha value is -1.77. The van der Waals surface area contributed by atoms with E-state index < -0.39 is 0 Å². The Kier molecular flexibility index (Phi) is 3.65. The van der Waals surface area contributed by atoms with E-state index in [2.05, 4.69) is 19.9 Å². The highest BCUT2D eigenvalue weighted by Gasteiger charge is 2.61. The SMILES string of the molecule is COC(=O)[C@H]1[C@H](C=Cc2ccccc2OC)C1(C)C. The van der Waals surface area contributed by atoms with Gasteiger partial charge in [-0.1, -0.05) is 44.2 Å². The van der Waals surface area contributed by atoms with Gasteiger partial charge in [-0.3, -0.25) is 4.79 Å². The number of esters is 1. The first-order valence-corrected chi connectivity index (χ1v) is 6.41. The van der Waals surface area contributed by atoms with E-state index in [0.717, 1.165) is 11.3 Å². The third-order valence-electron chi connectivity index (χ3n) is 3.99. The van der Waals surface area contributed by atoms with Gasteiger partial charge in [0.15, 0.2) is 0 Å². The zero-order valence-electron chi connectivity index (χ0n) is 11.8. The van der Waals surface area contributed by atoms with Crippen LogP contribution in [-0.2, 0) is 9.53 Å². The van der Waals surface area contributed by atoms with Gasteiger partial charge in [-0.25, -0.2) is 0 Å². The molecule has 2 rings (SSSR count). The molecule has 1 aliphatic rings. The lowest BCUT2D eigenvalue weighted by Gasteiger charge is -2.03. The molecule has 1 aromatic rings. The molecule has 0 unspecified atom stereocenters. The molecule has 1 aliphatic carbocycles. The van der Waals surface area contributed by atoms with Crippen molar-refractivity contribution in [1.82, 2.24) is 0 Å². The van der Waals surface area contributed by atoms with Crippen LogP contribution in [0.2, 0.25) is 0 Å². The van der Waals surface area contributed by atoms with Gasteiger partial charge in [0.25, 0.3) is 0 Å². The molecule has 0 aliphatic heterocycles. The average molecular weight is 260 g/mol. The molecule has 0 spiro atoms. The number of ether oxygens (including phenoxy) is 2. The molecule has 0 radical (unpaired) electrons. The van der Waals surface area contributed by atoms with Gasteiger partial charge in [0.05, 0.1) is 20.1 Å². The van der Waals surface area contributed by atoms with Crippen molar-refractivity contribution in [1.29, 1.82) is 0 Å². The van der Waals surface area contributed by atoms with Gasteiger partial charge < -0.3 is 9.47 Å². The molecular formula is C16H20O3. The van der Waals surface area contributed by atoms with Crippen molar-refractivity contribution >= 4 is 12.0 Å². The van der Waals surface area contributed by atoms with Crippen LogP contribution >= 0.6 is 0 Å². The Labute approximate surface area is 114 Å². The van der Waals surface area contributed by atoms with Crippen LogP contribution in [0.3, 0.4) is 0 Å². The van der Waals surface area contributed by atoms with E-state index in [1.54, 1.807) is 7.11 Å². The van der Waals surface area contributed by atoms with Crippen molar-refractivity contribution in [2.45, 2.75) is 13.8 Å². The fourth-order valence-electron chi connectivity index (χ4n) is 2.63. The predicted molar refractivity (Wildman–Crippen MR) is 74.8 cm³/mol. The van der Waals surface area contributed by atoms with Crippen LogP contribution in [0.1, 0.15) is 19.4 Å². The molecule has 0 saturated heterocycles. The van der Waals surface area contributed by atoms with Crippen molar-refractivity contribution in [3.05, 3.63) is 35.9 Å². The summed E-state index contributed by atoms with van der Waals surface area (Å²) in [6.07, 6.45) is 4.10. The number of benzene rings is 1. The topological polar surface area (TPSA) is 35.5 Å². The highest BCUT2D eigenvalue weighted by Crippen LogP contribution is 2.59. The second kappa shape index (κ2) is 5.08. The largest absolute Gasteiger partial charge is 0.496 e. The molecule has 0 aromatic heterocycles. The Morgan fingerprint density at radius 1 is 1.26 bits per heavy atom. The Morgan fingerprint density at radius 3 is 2.58 bits per heavy atom. The third-order valence-corrected chi connectivity index (χ3v) is 3.99. The quantitative estimate of drug-likeness (QED) is 0.780. The minimum Gasteiger partial charge on any atom is -0.496 e. The van der Waals surface area contributed by atoms with Gasteiger partial charge in [0.2, 0.25) is 0 Å². The second-order valence-corrected chi connectivity index (χ2v) is 5.45. The van der Waals surface area contributed by atoms with Gasteiger partial charge in [0, 0.05) is 5.56 Å². The summed E-state index contributed by atoms with van der Waals surface area (Å²) in [5.74, 6) is 0.903. The summed E-state index contributed by atoms with van der Waals surface area (Å²) >= 11 is 0. The van der Waals surface area contributed by atoms with E-state index in [1.165, 1.54) is 7.11 Å². The Balaban J connectivity index is 2.14. The fraction of sp³-hybridized carbons (Fsp3) is 0.438. The summed E-state index contributed by atoms with van der Waals surface area (Å²) in [6, 6.07) is 7.83. The summed E-state index contributed by atoms with van der Waals surface area (Å²) in [6.45, 7) is 4.18. The first-order valence-electron chi connectivity index (χ1n) is 6.41. The lowest BCUT2D eigenvalue weighted by molar-refractivity contribution is -0.143. The Morgan fingerprint density at radius 2 is 1.95 bits per heavy atom. The number of hydrogen-bond acceptors (Lipinski definition) is 3. The molecule has 19 heavy (non-hydrogen) atoms. The van der Waals surface area contributed by atoms with Crippen molar-refractivity contribution in [3.63, 3.8) is 0 Å². The van der Waals surface area contributed by atoms with Crippen molar-refractivity contribution in [2.24, 2.45) is 17.3 Å². The monoisotopic (exact) mass is 260 g/mol. The molecule has 2 atom stereocenters. The van der Waals surface area contributed by atoms with Gasteiger partial charge >= 0.3 is 5.97 Å². The molecular weight excluding hydrogens is 240 g/mol. The number of para-hydroxylation sites is 1.